The molecule has 0 radical (unpaired) electrons. The monoisotopic (exact) mass is 480 g/mol. The molecule has 3 aromatic rings. The van der Waals surface area contributed by atoms with Gasteiger partial charge in [0.05, 0.1) is 28.9 Å². The molecule has 3 fully saturated rings. The topological polar surface area (TPSA) is 94.8 Å². The van der Waals surface area contributed by atoms with Gasteiger partial charge in [0, 0.05) is 30.6 Å². The molecule has 4 aliphatic heterocycles. The van der Waals surface area contributed by atoms with Gasteiger partial charge in [0.15, 0.2) is 5.79 Å². The first-order chi connectivity index (χ1) is 16.3. The fraction of sp³-hybridized carbons (Fsp3) is 0.375. The van der Waals surface area contributed by atoms with Crippen molar-refractivity contribution in [3.63, 3.8) is 0 Å². The summed E-state index contributed by atoms with van der Waals surface area (Å²) in [5.74, 6) is -0.327. The van der Waals surface area contributed by atoms with Crippen molar-refractivity contribution in [2.24, 2.45) is 7.05 Å². The number of thioether (sulfide) groups is 1. The summed E-state index contributed by atoms with van der Waals surface area (Å²) in [5.41, 5.74) is 2.63. The second-order valence-electron chi connectivity index (χ2n) is 8.97. The van der Waals surface area contributed by atoms with Gasteiger partial charge in [-0.3, -0.25) is 18.7 Å². The van der Waals surface area contributed by atoms with Crippen LogP contribution in [0.15, 0.2) is 50.9 Å². The molecule has 0 saturated carbocycles. The van der Waals surface area contributed by atoms with Crippen molar-refractivity contribution in [1.82, 2.24) is 9.13 Å². The van der Waals surface area contributed by atoms with E-state index in [1.165, 1.54) is 20.9 Å². The molecule has 3 saturated heterocycles. The first kappa shape index (κ1) is 21.5. The highest BCUT2D eigenvalue weighted by atomic mass is 32.2. The number of anilines is 2. The van der Waals surface area contributed by atoms with Crippen molar-refractivity contribution >= 4 is 39.9 Å². The summed E-state index contributed by atoms with van der Waals surface area (Å²) in [6, 6.07) is 11.5. The highest BCUT2D eigenvalue weighted by Crippen LogP contribution is 2.46. The molecule has 176 valence electrons. The Morgan fingerprint density at radius 1 is 1.18 bits per heavy atom. The summed E-state index contributed by atoms with van der Waals surface area (Å²) in [4.78, 5) is 40.7. The standard InChI is InChI=1S/C24H24N4O5S/c1-14-5-3-6-17-20(14)21(30)27(22(31)26(17)2)10-4-9-24-13-28(23(32-24)33-24)15-7-8-18-16(11-15)25-19(29)12-34-18/h3,5-8,11,23H,4,9-10,12-13H2,1-2H3,(H,25,29). The molecule has 5 heterocycles. The number of nitrogens with zero attached hydrogens (tertiary/aromatic N) is 3. The summed E-state index contributed by atoms with van der Waals surface area (Å²) in [6.45, 7) is 2.71. The van der Waals surface area contributed by atoms with Crippen LogP contribution in [0.4, 0.5) is 11.4 Å². The third-order valence-corrected chi connectivity index (χ3v) is 7.83. The zero-order valence-corrected chi connectivity index (χ0v) is 19.7. The van der Waals surface area contributed by atoms with Gasteiger partial charge < -0.3 is 19.7 Å². The zero-order valence-electron chi connectivity index (χ0n) is 18.9. The second kappa shape index (κ2) is 7.72. The SMILES string of the molecule is Cc1cccc2c1c(=O)n(CCCC13CN(c4ccc5c(c4)NC(=O)CS5)C(O1)O3)c(=O)n2C. The molecule has 4 aliphatic rings. The lowest BCUT2D eigenvalue weighted by atomic mass is 10.1. The Labute approximate surface area is 199 Å². The molecule has 0 atom stereocenters. The highest BCUT2D eigenvalue weighted by Gasteiger charge is 2.58. The van der Waals surface area contributed by atoms with E-state index >= 15 is 0 Å². The number of rotatable bonds is 5. The van der Waals surface area contributed by atoms with E-state index in [4.69, 9.17) is 9.47 Å². The lowest BCUT2D eigenvalue weighted by molar-refractivity contribution is -0.406. The second-order valence-corrected chi connectivity index (χ2v) is 9.99. The summed E-state index contributed by atoms with van der Waals surface area (Å²) < 4.78 is 14.9. The van der Waals surface area contributed by atoms with E-state index in [9.17, 15) is 14.4 Å². The Balaban J connectivity index is 1.17. The van der Waals surface area contributed by atoms with E-state index in [0.29, 0.717) is 36.0 Å². The number of aromatic nitrogens is 2. The number of hydrogen-bond acceptors (Lipinski definition) is 7. The number of carbonyl (C=O) groups is 1. The Morgan fingerprint density at radius 2 is 2.00 bits per heavy atom. The number of nitrogens with one attached hydrogen (secondary N) is 1. The maximum absolute atomic E-state index is 13.1. The average molecular weight is 481 g/mol. The summed E-state index contributed by atoms with van der Waals surface area (Å²) >= 11 is 1.52. The van der Waals surface area contributed by atoms with Gasteiger partial charge >= 0.3 is 5.69 Å². The van der Waals surface area contributed by atoms with E-state index in [1.54, 1.807) is 13.1 Å². The molecule has 0 unspecified atom stereocenters. The van der Waals surface area contributed by atoms with Crippen LogP contribution in [-0.4, -0.2) is 39.5 Å². The number of benzene rings is 2. The molecular weight excluding hydrogens is 456 g/mol. The number of hydrogen-bond donors (Lipinski definition) is 1. The van der Waals surface area contributed by atoms with Gasteiger partial charge in [-0.2, -0.15) is 0 Å². The third-order valence-electron chi connectivity index (χ3n) is 6.75. The van der Waals surface area contributed by atoms with Crippen LogP contribution in [-0.2, 0) is 27.9 Å². The van der Waals surface area contributed by atoms with Crippen molar-refractivity contribution in [2.45, 2.75) is 43.4 Å². The molecule has 34 heavy (non-hydrogen) atoms. The van der Waals surface area contributed by atoms with Crippen LogP contribution < -0.4 is 21.5 Å². The Hall–Kier alpha value is -3.08. The molecule has 0 aliphatic carbocycles. The minimum Gasteiger partial charge on any atom is -0.324 e. The molecule has 10 heteroatoms. The fourth-order valence-electron chi connectivity index (χ4n) is 4.99. The summed E-state index contributed by atoms with van der Waals surface area (Å²) in [6.07, 6.45) is 0.645. The van der Waals surface area contributed by atoms with Gasteiger partial charge in [0.25, 0.3) is 5.56 Å². The van der Waals surface area contributed by atoms with Gasteiger partial charge in [-0.05, 0) is 43.2 Å². The van der Waals surface area contributed by atoms with Crippen LogP contribution in [0.1, 0.15) is 18.4 Å². The van der Waals surface area contributed by atoms with Gasteiger partial charge in [-0.25, -0.2) is 4.79 Å². The summed E-state index contributed by atoms with van der Waals surface area (Å²) in [5, 5.41) is 3.49. The molecule has 0 spiro atoms. The van der Waals surface area contributed by atoms with Gasteiger partial charge in [-0.1, -0.05) is 12.1 Å². The normalized spacial score (nSPS) is 23.1. The van der Waals surface area contributed by atoms with Crippen LogP contribution in [0.2, 0.25) is 0 Å². The van der Waals surface area contributed by atoms with Crippen LogP contribution in [0.25, 0.3) is 10.9 Å². The van der Waals surface area contributed by atoms with Crippen molar-refractivity contribution in [3.8, 4) is 0 Å². The number of fused-ring (bicyclic) bond motifs is 3. The van der Waals surface area contributed by atoms with Gasteiger partial charge in [-0.15, -0.1) is 11.8 Å². The minimum absolute atomic E-state index is 0.00499. The van der Waals surface area contributed by atoms with E-state index in [1.807, 2.05) is 42.2 Å². The predicted molar refractivity (Wildman–Crippen MR) is 129 cm³/mol. The maximum Gasteiger partial charge on any atom is 0.331 e. The molecule has 1 N–H and O–H groups in total. The highest BCUT2D eigenvalue weighted by molar-refractivity contribution is 8.00. The quantitative estimate of drug-likeness (QED) is 0.599. The van der Waals surface area contributed by atoms with Crippen LogP contribution >= 0.6 is 11.8 Å². The fourth-order valence-corrected chi connectivity index (χ4v) is 5.78. The first-order valence-electron chi connectivity index (χ1n) is 11.2. The molecule has 1 amide bonds. The lowest BCUT2D eigenvalue weighted by Gasteiger charge is -2.37. The van der Waals surface area contributed by atoms with E-state index < -0.39 is 12.2 Å². The van der Waals surface area contributed by atoms with Crippen LogP contribution in [0.5, 0.6) is 0 Å². The predicted octanol–water partition coefficient (Wildman–Crippen LogP) is 2.38. The zero-order chi connectivity index (χ0) is 23.6. The van der Waals surface area contributed by atoms with Crippen LogP contribution in [0, 0.1) is 6.92 Å². The minimum atomic E-state index is -0.750. The molecule has 9 nitrogen and oxygen atoms in total. The molecule has 1 aromatic heterocycles. The van der Waals surface area contributed by atoms with Crippen molar-refractivity contribution in [2.75, 3.05) is 22.5 Å². The van der Waals surface area contributed by atoms with E-state index in [0.717, 1.165) is 21.8 Å². The lowest BCUT2D eigenvalue weighted by Crippen LogP contribution is -2.48. The maximum atomic E-state index is 13.1. The molecular formula is C24H24N4O5S. The third kappa shape index (κ3) is 3.28. The van der Waals surface area contributed by atoms with E-state index in [-0.39, 0.29) is 23.7 Å². The average Bonchev–Trinajstić information content (AvgIpc) is 3.35. The number of aryl methyl sites for hydroxylation is 2. The Bertz CT molecular complexity index is 1460. The Morgan fingerprint density at radius 3 is 2.82 bits per heavy atom. The Kier molecular flexibility index (Phi) is 4.87. The first-order valence-corrected chi connectivity index (χ1v) is 12.2. The van der Waals surface area contributed by atoms with Crippen molar-refractivity contribution in [1.29, 1.82) is 0 Å². The number of amides is 1. The number of ether oxygens (including phenoxy) is 2. The number of carbonyl (C=O) groups excluding carboxylic acids is 1. The van der Waals surface area contributed by atoms with Crippen molar-refractivity contribution < 1.29 is 14.3 Å². The molecule has 2 aromatic carbocycles. The molecule has 2 bridgehead atoms. The van der Waals surface area contributed by atoms with Gasteiger partial charge in [0.1, 0.15) is 0 Å². The smallest absolute Gasteiger partial charge is 0.324 e. The summed E-state index contributed by atoms with van der Waals surface area (Å²) in [7, 11) is 1.69. The van der Waals surface area contributed by atoms with Crippen LogP contribution in [0.3, 0.4) is 0 Å². The van der Waals surface area contributed by atoms with Gasteiger partial charge in [0.2, 0.25) is 12.3 Å². The molecule has 7 rings (SSSR count). The van der Waals surface area contributed by atoms with Crippen molar-refractivity contribution in [3.05, 3.63) is 62.8 Å². The van der Waals surface area contributed by atoms with E-state index in [2.05, 4.69) is 5.32 Å². The largest absolute Gasteiger partial charge is 0.331 e.